The maximum absolute atomic E-state index is 13.2. The van der Waals surface area contributed by atoms with Crippen LogP contribution in [0.5, 0.6) is 0 Å². The lowest BCUT2D eigenvalue weighted by Gasteiger charge is -2.05. The van der Waals surface area contributed by atoms with Crippen LogP contribution in [-0.4, -0.2) is 9.97 Å². The lowest BCUT2D eigenvalue weighted by molar-refractivity contribution is 0.628. The standard InChI is InChI=1S/C15H10ClFN2/c1-9-5-6-13-12(7-9)14(16)19-15(18-13)10-3-2-4-11(17)8-10/h2-8H,1H3. The van der Waals surface area contributed by atoms with Crippen LogP contribution < -0.4 is 0 Å². The van der Waals surface area contributed by atoms with E-state index in [0.29, 0.717) is 16.5 Å². The molecule has 0 aliphatic rings. The summed E-state index contributed by atoms with van der Waals surface area (Å²) in [6.45, 7) is 1.98. The molecule has 0 unspecified atom stereocenters. The zero-order chi connectivity index (χ0) is 13.4. The second-order valence-electron chi connectivity index (χ2n) is 4.37. The Morgan fingerprint density at radius 2 is 1.89 bits per heavy atom. The van der Waals surface area contributed by atoms with Crippen molar-refractivity contribution in [3.63, 3.8) is 0 Å². The normalized spacial score (nSPS) is 10.9. The number of rotatable bonds is 1. The van der Waals surface area contributed by atoms with Gasteiger partial charge in [0.1, 0.15) is 11.0 Å². The Bertz CT molecular complexity index is 771. The second-order valence-corrected chi connectivity index (χ2v) is 4.73. The lowest BCUT2D eigenvalue weighted by Crippen LogP contribution is -1.92. The lowest BCUT2D eigenvalue weighted by atomic mass is 10.1. The van der Waals surface area contributed by atoms with E-state index in [1.54, 1.807) is 12.1 Å². The summed E-state index contributed by atoms with van der Waals surface area (Å²) in [5.74, 6) is 0.113. The summed E-state index contributed by atoms with van der Waals surface area (Å²) in [4.78, 5) is 8.67. The van der Waals surface area contributed by atoms with Crippen molar-refractivity contribution >= 4 is 22.5 Å². The molecule has 0 fully saturated rings. The van der Waals surface area contributed by atoms with Gasteiger partial charge in [-0.25, -0.2) is 14.4 Å². The summed E-state index contributed by atoms with van der Waals surface area (Å²) in [6, 6.07) is 12.0. The van der Waals surface area contributed by atoms with Gasteiger partial charge in [0.15, 0.2) is 5.82 Å². The summed E-state index contributed by atoms with van der Waals surface area (Å²) >= 11 is 6.18. The predicted octanol–water partition coefficient (Wildman–Crippen LogP) is 4.40. The number of aryl methyl sites for hydroxylation is 1. The van der Waals surface area contributed by atoms with Crippen LogP contribution in [0.25, 0.3) is 22.3 Å². The summed E-state index contributed by atoms with van der Waals surface area (Å²) in [7, 11) is 0. The van der Waals surface area contributed by atoms with Crippen LogP contribution in [0.1, 0.15) is 5.56 Å². The third-order valence-corrected chi connectivity index (χ3v) is 3.18. The van der Waals surface area contributed by atoms with Gasteiger partial charge < -0.3 is 0 Å². The largest absolute Gasteiger partial charge is 0.228 e. The van der Waals surface area contributed by atoms with Crippen molar-refractivity contribution in [3.05, 3.63) is 59.0 Å². The molecule has 0 spiro atoms. The molecular formula is C15H10ClFN2. The van der Waals surface area contributed by atoms with Crippen molar-refractivity contribution in [1.29, 1.82) is 0 Å². The molecule has 0 aliphatic carbocycles. The molecule has 4 heteroatoms. The van der Waals surface area contributed by atoms with Crippen LogP contribution in [0.15, 0.2) is 42.5 Å². The first-order chi connectivity index (χ1) is 9.13. The number of hydrogen-bond donors (Lipinski definition) is 0. The van der Waals surface area contributed by atoms with Gasteiger partial charge in [0.25, 0.3) is 0 Å². The zero-order valence-electron chi connectivity index (χ0n) is 10.2. The fourth-order valence-corrected chi connectivity index (χ4v) is 2.19. The molecule has 0 bridgehead atoms. The Morgan fingerprint density at radius 3 is 2.68 bits per heavy atom. The highest BCUT2D eigenvalue weighted by atomic mass is 35.5. The smallest absolute Gasteiger partial charge is 0.161 e. The van der Waals surface area contributed by atoms with Gasteiger partial charge in [-0.15, -0.1) is 0 Å². The topological polar surface area (TPSA) is 25.8 Å². The van der Waals surface area contributed by atoms with E-state index < -0.39 is 0 Å². The number of benzene rings is 2. The van der Waals surface area contributed by atoms with E-state index in [1.807, 2.05) is 25.1 Å². The average molecular weight is 273 g/mol. The van der Waals surface area contributed by atoms with Gasteiger partial charge >= 0.3 is 0 Å². The summed E-state index contributed by atoms with van der Waals surface area (Å²) < 4.78 is 13.2. The van der Waals surface area contributed by atoms with Crippen LogP contribution in [0, 0.1) is 12.7 Å². The van der Waals surface area contributed by atoms with Gasteiger partial charge in [-0.05, 0) is 31.2 Å². The Morgan fingerprint density at radius 1 is 1.05 bits per heavy atom. The van der Waals surface area contributed by atoms with Crippen LogP contribution >= 0.6 is 11.6 Å². The van der Waals surface area contributed by atoms with Crippen molar-refractivity contribution in [3.8, 4) is 11.4 Å². The predicted molar refractivity (Wildman–Crippen MR) is 74.7 cm³/mol. The van der Waals surface area contributed by atoms with Crippen molar-refractivity contribution < 1.29 is 4.39 Å². The number of nitrogens with zero attached hydrogens (tertiary/aromatic N) is 2. The SMILES string of the molecule is Cc1ccc2nc(-c3cccc(F)c3)nc(Cl)c2c1. The minimum absolute atomic E-state index is 0.318. The minimum Gasteiger partial charge on any atom is -0.228 e. The number of fused-ring (bicyclic) bond motifs is 1. The van der Waals surface area contributed by atoms with Crippen LogP contribution in [0.4, 0.5) is 4.39 Å². The molecule has 1 heterocycles. The Balaban J connectivity index is 2.24. The number of aromatic nitrogens is 2. The zero-order valence-corrected chi connectivity index (χ0v) is 10.9. The Kier molecular flexibility index (Phi) is 2.91. The van der Waals surface area contributed by atoms with Crippen molar-refractivity contribution in [1.82, 2.24) is 9.97 Å². The quantitative estimate of drug-likeness (QED) is 0.614. The van der Waals surface area contributed by atoms with E-state index in [0.717, 1.165) is 16.5 Å². The highest BCUT2D eigenvalue weighted by molar-refractivity contribution is 6.34. The molecule has 0 aliphatic heterocycles. The maximum atomic E-state index is 13.2. The van der Waals surface area contributed by atoms with Gasteiger partial charge in [0.05, 0.1) is 5.52 Å². The van der Waals surface area contributed by atoms with Gasteiger partial charge in [0, 0.05) is 10.9 Å². The van der Waals surface area contributed by atoms with Crippen molar-refractivity contribution in [2.75, 3.05) is 0 Å². The van der Waals surface area contributed by atoms with E-state index in [2.05, 4.69) is 9.97 Å². The van der Waals surface area contributed by atoms with Gasteiger partial charge in [-0.1, -0.05) is 35.4 Å². The number of hydrogen-bond acceptors (Lipinski definition) is 2. The average Bonchev–Trinajstić information content (AvgIpc) is 2.39. The molecule has 0 saturated heterocycles. The second kappa shape index (κ2) is 4.59. The molecular weight excluding hydrogens is 263 g/mol. The first-order valence-electron chi connectivity index (χ1n) is 5.83. The fourth-order valence-electron chi connectivity index (χ4n) is 1.96. The van der Waals surface area contributed by atoms with E-state index in [-0.39, 0.29) is 5.82 Å². The highest BCUT2D eigenvalue weighted by Crippen LogP contribution is 2.25. The third-order valence-electron chi connectivity index (χ3n) is 2.89. The van der Waals surface area contributed by atoms with E-state index in [9.17, 15) is 4.39 Å². The molecule has 0 N–H and O–H groups in total. The highest BCUT2D eigenvalue weighted by Gasteiger charge is 2.08. The summed E-state index contributed by atoms with van der Waals surface area (Å²) in [6.07, 6.45) is 0. The summed E-state index contributed by atoms with van der Waals surface area (Å²) in [5, 5.41) is 1.19. The van der Waals surface area contributed by atoms with Crippen LogP contribution in [0.2, 0.25) is 5.15 Å². The third kappa shape index (κ3) is 2.29. The monoisotopic (exact) mass is 272 g/mol. The summed E-state index contributed by atoms with van der Waals surface area (Å²) in [5.41, 5.74) is 2.46. The van der Waals surface area contributed by atoms with E-state index in [1.165, 1.54) is 12.1 Å². The van der Waals surface area contributed by atoms with Crippen molar-refractivity contribution in [2.45, 2.75) is 6.92 Å². The van der Waals surface area contributed by atoms with E-state index in [4.69, 9.17) is 11.6 Å². The molecule has 94 valence electrons. The maximum Gasteiger partial charge on any atom is 0.161 e. The molecule has 0 atom stereocenters. The van der Waals surface area contributed by atoms with Crippen molar-refractivity contribution in [2.24, 2.45) is 0 Å². The fraction of sp³-hybridized carbons (Fsp3) is 0.0667. The molecule has 0 saturated carbocycles. The van der Waals surface area contributed by atoms with Gasteiger partial charge in [-0.2, -0.15) is 0 Å². The molecule has 0 radical (unpaired) electrons. The first kappa shape index (κ1) is 12.1. The van der Waals surface area contributed by atoms with Crippen LogP contribution in [0.3, 0.4) is 0 Å². The number of halogens is 2. The molecule has 3 aromatic rings. The minimum atomic E-state index is -0.318. The molecule has 0 amide bonds. The molecule has 2 aromatic carbocycles. The molecule has 2 nitrogen and oxygen atoms in total. The first-order valence-corrected chi connectivity index (χ1v) is 6.21. The molecule has 3 rings (SSSR count). The van der Waals surface area contributed by atoms with Gasteiger partial charge in [-0.3, -0.25) is 0 Å². The molecule has 1 aromatic heterocycles. The molecule has 19 heavy (non-hydrogen) atoms. The Labute approximate surface area is 114 Å². The van der Waals surface area contributed by atoms with Crippen LogP contribution in [-0.2, 0) is 0 Å². The van der Waals surface area contributed by atoms with Gasteiger partial charge in [0.2, 0.25) is 0 Å². The Hall–Kier alpha value is -2.00. The van der Waals surface area contributed by atoms with E-state index >= 15 is 0 Å².